The maximum Gasteiger partial charge on any atom is 0.338 e. The highest BCUT2D eigenvalue weighted by Gasteiger charge is 2.50. The minimum Gasteiger partial charge on any atom is -0.467 e. The van der Waals surface area contributed by atoms with Crippen molar-refractivity contribution < 1.29 is 29.3 Å². The lowest BCUT2D eigenvalue weighted by molar-refractivity contribution is -0.179. The van der Waals surface area contributed by atoms with Gasteiger partial charge in [-0.05, 0) is 18.6 Å². The van der Waals surface area contributed by atoms with E-state index >= 15 is 0 Å². The molecular formula is C17H20O6. The van der Waals surface area contributed by atoms with Crippen LogP contribution in [0.5, 0.6) is 0 Å². The summed E-state index contributed by atoms with van der Waals surface area (Å²) in [5, 5.41) is 20.8. The van der Waals surface area contributed by atoms with Crippen LogP contribution in [0.25, 0.3) is 0 Å². The molecule has 1 fully saturated rings. The first-order valence-electron chi connectivity index (χ1n) is 7.28. The number of hydrogen-bond donors (Lipinski definition) is 2. The largest absolute Gasteiger partial charge is 0.467 e. The van der Waals surface area contributed by atoms with E-state index in [0.29, 0.717) is 5.56 Å². The quantitative estimate of drug-likeness (QED) is 0.637. The van der Waals surface area contributed by atoms with Crippen LogP contribution in [-0.4, -0.2) is 47.1 Å². The van der Waals surface area contributed by atoms with Crippen molar-refractivity contribution in [2.75, 3.05) is 7.11 Å². The Bertz CT molecular complexity index is 584. The first-order valence-corrected chi connectivity index (χ1v) is 7.28. The van der Waals surface area contributed by atoms with Crippen molar-refractivity contribution in [2.24, 2.45) is 5.92 Å². The second kappa shape index (κ2) is 6.93. The van der Waals surface area contributed by atoms with Gasteiger partial charge in [0.25, 0.3) is 0 Å². The minimum absolute atomic E-state index is 0.0380. The molecule has 1 aromatic rings. The van der Waals surface area contributed by atoms with E-state index in [1.807, 2.05) is 0 Å². The van der Waals surface area contributed by atoms with Crippen LogP contribution in [0, 0.1) is 5.92 Å². The van der Waals surface area contributed by atoms with E-state index < -0.39 is 35.7 Å². The number of methoxy groups -OCH3 is 1. The van der Waals surface area contributed by atoms with Crippen molar-refractivity contribution in [1.29, 1.82) is 0 Å². The molecular weight excluding hydrogens is 300 g/mol. The van der Waals surface area contributed by atoms with Crippen LogP contribution in [0.3, 0.4) is 0 Å². The van der Waals surface area contributed by atoms with Crippen LogP contribution in [0.2, 0.25) is 0 Å². The molecule has 0 amide bonds. The Morgan fingerprint density at radius 3 is 2.52 bits per heavy atom. The van der Waals surface area contributed by atoms with E-state index in [0.717, 1.165) is 0 Å². The van der Waals surface area contributed by atoms with Gasteiger partial charge >= 0.3 is 11.9 Å². The van der Waals surface area contributed by atoms with Gasteiger partial charge in [-0.3, -0.25) is 0 Å². The molecule has 4 atom stereocenters. The summed E-state index contributed by atoms with van der Waals surface area (Å²) < 4.78 is 9.92. The van der Waals surface area contributed by atoms with Gasteiger partial charge in [-0.15, -0.1) is 6.58 Å². The molecule has 6 nitrogen and oxygen atoms in total. The summed E-state index contributed by atoms with van der Waals surface area (Å²) in [5.41, 5.74) is -1.50. The maximum absolute atomic E-state index is 12.1. The Morgan fingerprint density at radius 1 is 1.30 bits per heavy atom. The lowest BCUT2D eigenvalue weighted by atomic mass is 9.74. The zero-order valence-corrected chi connectivity index (χ0v) is 12.8. The molecule has 0 aliphatic heterocycles. The monoisotopic (exact) mass is 320 g/mol. The lowest BCUT2D eigenvalue weighted by Gasteiger charge is -2.40. The smallest absolute Gasteiger partial charge is 0.338 e. The maximum atomic E-state index is 12.1. The Labute approximate surface area is 134 Å². The Kier molecular flexibility index (Phi) is 5.18. The van der Waals surface area contributed by atoms with Gasteiger partial charge in [-0.2, -0.15) is 0 Å². The normalized spacial score (nSPS) is 30.3. The lowest BCUT2D eigenvalue weighted by Crippen LogP contribution is -2.55. The minimum atomic E-state index is -1.82. The molecule has 124 valence electrons. The summed E-state index contributed by atoms with van der Waals surface area (Å²) in [6.07, 6.45) is -0.928. The van der Waals surface area contributed by atoms with Gasteiger partial charge in [0.1, 0.15) is 6.10 Å². The van der Waals surface area contributed by atoms with Crippen molar-refractivity contribution in [3.63, 3.8) is 0 Å². The summed E-state index contributed by atoms with van der Waals surface area (Å²) >= 11 is 0. The third kappa shape index (κ3) is 3.60. The molecule has 0 saturated heterocycles. The molecule has 23 heavy (non-hydrogen) atoms. The highest BCUT2D eigenvalue weighted by Crippen LogP contribution is 2.36. The third-order valence-corrected chi connectivity index (χ3v) is 4.07. The average Bonchev–Trinajstić information content (AvgIpc) is 2.57. The topological polar surface area (TPSA) is 93.1 Å². The van der Waals surface area contributed by atoms with Crippen molar-refractivity contribution >= 4 is 11.9 Å². The van der Waals surface area contributed by atoms with Crippen LogP contribution in [0.15, 0.2) is 43.0 Å². The highest BCUT2D eigenvalue weighted by atomic mass is 16.6. The molecule has 0 bridgehead atoms. The number of hydrogen-bond acceptors (Lipinski definition) is 6. The van der Waals surface area contributed by atoms with Crippen LogP contribution < -0.4 is 0 Å². The Balaban J connectivity index is 2.20. The first-order chi connectivity index (χ1) is 10.9. The molecule has 1 aromatic carbocycles. The molecule has 1 aliphatic rings. The van der Waals surface area contributed by atoms with Crippen LogP contribution in [0.1, 0.15) is 23.2 Å². The number of rotatable bonds is 4. The molecule has 6 heteroatoms. The second-order valence-corrected chi connectivity index (χ2v) is 5.63. The number of carbonyl (C=O) groups is 2. The summed E-state index contributed by atoms with van der Waals surface area (Å²) in [4.78, 5) is 24.0. The molecule has 0 spiro atoms. The molecule has 0 radical (unpaired) electrons. The van der Waals surface area contributed by atoms with E-state index in [-0.39, 0.29) is 12.8 Å². The number of benzene rings is 1. The van der Waals surface area contributed by atoms with Crippen molar-refractivity contribution in [2.45, 2.75) is 30.7 Å². The van der Waals surface area contributed by atoms with Gasteiger partial charge in [0.05, 0.1) is 18.8 Å². The van der Waals surface area contributed by atoms with Crippen molar-refractivity contribution in [3.8, 4) is 0 Å². The number of esters is 2. The zero-order valence-electron chi connectivity index (χ0n) is 12.8. The SMILES string of the molecule is C=C[C@@H]1C[C@@](O)(C(=O)OC)C[C@@H](OC(=O)c2ccccc2)[C@@H]1O. The van der Waals surface area contributed by atoms with Gasteiger partial charge in [-0.1, -0.05) is 24.3 Å². The fourth-order valence-electron chi connectivity index (χ4n) is 2.79. The van der Waals surface area contributed by atoms with E-state index in [1.54, 1.807) is 30.3 Å². The molecule has 1 aliphatic carbocycles. The number of aliphatic hydroxyl groups is 2. The summed E-state index contributed by atoms with van der Waals surface area (Å²) in [5.74, 6) is -2.05. The molecule has 1 saturated carbocycles. The van der Waals surface area contributed by atoms with E-state index in [1.165, 1.54) is 13.2 Å². The van der Waals surface area contributed by atoms with Crippen molar-refractivity contribution in [3.05, 3.63) is 48.6 Å². The Hall–Kier alpha value is -2.18. The average molecular weight is 320 g/mol. The van der Waals surface area contributed by atoms with E-state index in [2.05, 4.69) is 11.3 Å². The molecule has 0 unspecified atom stereocenters. The Morgan fingerprint density at radius 2 is 1.96 bits per heavy atom. The fourth-order valence-corrected chi connectivity index (χ4v) is 2.79. The summed E-state index contributed by atoms with van der Waals surface area (Å²) in [6.45, 7) is 3.59. The van der Waals surface area contributed by atoms with Crippen LogP contribution in [-0.2, 0) is 14.3 Å². The van der Waals surface area contributed by atoms with Crippen LogP contribution >= 0.6 is 0 Å². The second-order valence-electron chi connectivity index (χ2n) is 5.63. The first kappa shape index (κ1) is 17.2. The van der Waals surface area contributed by atoms with Crippen molar-refractivity contribution in [1.82, 2.24) is 0 Å². The van der Waals surface area contributed by atoms with E-state index in [9.17, 15) is 19.8 Å². The third-order valence-electron chi connectivity index (χ3n) is 4.07. The number of carbonyl (C=O) groups excluding carboxylic acids is 2. The zero-order chi connectivity index (χ0) is 17.0. The highest BCUT2D eigenvalue weighted by molar-refractivity contribution is 5.89. The summed E-state index contributed by atoms with van der Waals surface area (Å²) in [6, 6.07) is 8.29. The van der Waals surface area contributed by atoms with Gasteiger partial charge in [0.2, 0.25) is 0 Å². The number of ether oxygens (including phenoxy) is 2. The predicted molar refractivity (Wildman–Crippen MR) is 81.5 cm³/mol. The molecule has 0 heterocycles. The molecule has 2 N–H and O–H groups in total. The standard InChI is InChI=1S/C17H20O6/c1-3-11-9-17(21,16(20)22-2)10-13(14(11)18)23-15(19)12-7-5-4-6-8-12/h3-8,11,13-14,18,21H,1,9-10H2,2H3/t11-,13-,14-,17+/m1/s1. The van der Waals surface area contributed by atoms with E-state index in [4.69, 9.17) is 4.74 Å². The predicted octanol–water partition coefficient (Wildman–Crippen LogP) is 1.07. The fraction of sp³-hybridized carbons (Fsp3) is 0.412. The van der Waals surface area contributed by atoms with Gasteiger partial charge in [-0.25, -0.2) is 9.59 Å². The number of aliphatic hydroxyl groups excluding tert-OH is 1. The van der Waals surface area contributed by atoms with Gasteiger partial charge in [0.15, 0.2) is 5.60 Å². The summed E-state index contributed by atoms with van der Waals surface area (Å²) in [7, 11) is 1.17. The molecule has 0 aromatic heterocycles. The molecule has 2 rings (SSSR count). The van der Waals surface area contributed by atoms with Gasteiger partial charge < -0.3 is 19.7 Å². The van der Waals surface area contributed by atoms with Crippen LogP contribution in [0.4, 0.5) is 0 Å². The van der Waals surface area contributed by atoms with Gasteiger partial charge in [0, 0.05) is 12.3 Å².